The van der Waals surface area contributed by atoms with Gasteiger partial charge in [-0.15, -0.1) is 0 Å². The standard InChI is InChI=1S/C5H10N2.C2H6/c1-7-2-4-5(3-7)6-4;1-2/h4-6H,2-3H2,1H3;1-2H3. The van der Waals surface area contributed by atoms with Gasteiger partial charge in [-0.3, -0.25) is 0 Å². The molecule has 54 valence electrons. The minimum atomic E-state index is 0.866. The summed E-state index contributed by atoms with van der Waals surface area (Å²) in [7, 11) is 2.17. The molecule has 2 fully saturated rings. The third kappa shape index (κ3) is 1.43. The molecule has 2 aliphatic rings. The maximum absolute atomic E-state index is 3.36. The molecule has 2 unspecified atom stereocenters. The van der Waals surface area contributed by atoms with E-state index in [-0.39, 0.29) is 0 Å². The fraction of sp³-hybridized carbons (Fsp3) is 1.00. The Bertz CT molecular complexity index is 82.9. The van der Waals surface area contributed by atoms with E-state index in [0.717, 1.165) is 12.1 Å². The van der Waals surface area contributed by atoms with Gasteiger partial charge in [0.25, 0.3) is 0 Å². The minimum absolute atomic E-state index is 0.866. The summed E-state index contributed by atoms with van der Waals surface area (Å²) in [5, 5.41) is 3.36. The molecule has 2 rings (SSSR count). The molecule has 0 spiro atoms. The summed E-state index contributed by atoms with van der Waals surface area (Å²) in [6.45, 7) is 6.54. The van der Waals surface area contributed by atoms with Gasteiger partial charge in [-0.1, -0.05) is 13.8 Å². The second kappa shape index (κ2) is 2.67. The smallest absolute Gasteiger partial charge is 0.0365 e. The first-order valence-electron chi connectivity index (χ1n) is 3.81. The molecule has 1 N–H and O–H groups in total. The van der Waals surface area contributed by atoms with Crippen LogP contribution in [-0.2, 0) is 0 Å². The zero-order chi connectivity index (χ0) is 6.85. The Morgan fingerprint density at radius 2 is 1.67 bits per heavy atom. The van der Waals surface area contributed by atoms with E-state index in [1.807, 2.05) is 13.8 Å². The summed E-state index contributed by atoms with van der Waals surface area (Å²) in [4.78, 5) is 2.37. The maximum Gasteiger partial charge on any atom is 0.0365 e. The normalized spacial score (nSPS) is 39.0. The van der Waals surface area contributed by atoms with Crippen molar-refractivity contribution in [2.24, 2.45) is 0 Å². The molecule has 2 aliphatic heterocycles. The Morgan fingerprint density at radius 3 is 1.89 bits per heavy atom. The van der Waals surface area contributed by atoms with Gasteiger partial charge >= 0.3 is 0 Å². The second-order valence-electron chi connectivity index (χ2n) is 2.60. The lowest BCUT2D eigenvalue weighted by atomic mass is 10.4. The highest BCUT2D eigenvalue weighted by atomic mass is 15.3. The fourth-order valence-corrected chi connectivity index (χ4v) is 1.33. The quantitative estimate of drug-likeness (QED) is 0.475. The Balaban J connectivity index is 0.000000186. The predicted molar refractivity (Wildman–Crippen MR) is 39.6 cm³/mol. The molecule has 2 heterocycles. The molecule has 0 saturated carbocycles. The number of piperazine rings is 1. The summed E-state index contributed by atoms with van der Waals surface area (Å²) in [6.07, 6.45) is 0. The molecule has 2 saturated heterocycles. The number of hydrogen-bond acceptors (Lipinski definition) is 2. The summed E-state index contributed by atoms with van der Waals surface area (Å²) in [5.41, 5.74) is 0. The van der Waals surface area contributed by atoms with Crippen molar-refractivity contribution in [2.75, 3.05) is 20.1 Å². The monoisotopic (exact) mass is 128 g/mol. The minimum Gasteiger partial charge on any atom is -0.306 e. The molecule has 0 amide bonds. The van der Waals surface area contributed by atoms with Gasteiger partial charge in [0.15, 0.2) is 0 Å². The molecule has 0 bridgehead atoms. The number of likely N-dealkylation sites (tertiary alicyclic amines) is 1. The third-order valence-electron chi connectivity index (χ3n) is 1.82. The number of fused-ring (bicyclic) bond motifs is 1. The topological polar surface area (TPSA) is 25.2 Å². The Labute approximate surface area is 57.2 Å². The van der Waals surface area contributed by atoms with Crippen LogP contribution < -0.4 is 5.32 Å². The molecule has 0 aromatic carbocycles. The van der Waals surface area contributed by atoms with Crippen molar-refractivity contribution in [3.8, 4) is 0 Å². The van der Waals surface area contributed by atoms with Crippen LogP contribution in [0.25, 0.3) is 0 Å². The molecule has 0 aromatic rings. The molecule has 2 heteroatoms. The van der Waals surface area contributed by atoms with Gasteiger partial charge in [-0.25, -0.2) is 0 Å². The van der Waals surface area contributed by atoms with Crippen molar-refractivity contribution in [2.45, 2.75) is 25.9 Å². The van der Waals surface area contributed by atoms with Crippen LogP contribution in [-0.4, -0.2) is 37.1 Å². The van der Waals surface area contributed by atoms with Gasteiger partial charge in [0.05, 0.1) is 0 Å². The van der Waals surface area contributed by atoms with Gasteiger partial charge in [0.1, 0.15) is 0 Å². The van der Waals surface area contributed by atoms with Crippen molar-refractivity contribution >= 4 is 0 Å². The first-order valence-corrected chi connectivity index (χ1v) is 3.81. The lowest BCUT2D eigenvalue weighted by Gasteiger charge is -2.06. The van der Waals surface area contributed by atoms with Crippen molar-refractivity contribution in [3.05, 3.63) is 0 Å². The van der Waals surface area contributed by atoms with Crippen LogP contribution in [0.1, 0.15) is 13.8 Å². The number of nitrogens with one attached hydrogen (secondary N) is 1. The van der Waals surface area contributed by atoms with Gasteiger partial charge in [0, 0.05) is 25.2 Å². The Hall–Kier alpha value is -0.0800. The predicted octanol–water partition coefficient (Wildman–Crippen LogP) is 0.298. The molecule has 9 heavy (non-hydrogen) atoms. The fourth-order valence-electron chi connectivity index (χ4n) is 1.33. The van der Waals surface area contributed by atoms with Crippen molar-refractivity contribution in [1.29, 1.82) is 0 Å². The highest BCUT2D eigenvalue weighted by molar-refractivity contribution is 5.06. The van der Waals surface area contributed by atoms with Gasteiger partial charge in [-0.05, 0) is 7.05 Å². The van der Waals surface area contributed by atoms with E-state index in [4.69, 9.17) is 0 Å². The second-order valence-corrected chi connectivity index (χ2v) is 2.60. The van der Waals surface area contributed by atoms with Crippen LogP contribution in [0.15, 0.2) is 0 Å². The number of hydrogen-bond donors (Lipinski definition) is 1. The van der Waals surface area contributed by atoms with E-state index < -0.39 is 0 Å². The van der Waals surface area contributed by atoms with E-state index in [1.165, 1.54) is 13.1 Å². The van der Waals surface area contributed by atoms with Crippen LogP contribution >= 0.6 is 0 Å². The van der Waals surface area contributed by atoms with Crippen molar-refractivity contribution < 1.29 is 0 Å². The summed E-state index contributed by atoms with van der Waals surface area (Å²) >= 11 is 0. The molecule has 0 aromatic heterocycles. The number of likely N-dealkylation sites (N-methyl/N-ethyl adjacent to an activating group) is 1. The average molecular weight is 128 g/mol. The van der Waals surface area contributed by atoms with Gasteiger partial charge < -0.3 is 10.2 Å². The zero-order valence-electron chi connectivity index (χ0n) is 6.52. The van der Waals surface area contributed by atoms with Crippen LogP contribution in [0.5, 0.6) is 0 Å². The molecule has 0 aliphatic carbocycles. The Kier molecular flexibility index (Phi) is 2.09. The van der Waals surface area contributed by atoms with Gasteiger partial charge in [0.2, 0.25) is 0 Å². The molecule has 2 nitrogen and oxygen atoms in total. The third-order valence-corrected chi connectivity index (χ3v) is 1.82. The van der Waals surface area contributed by atoms with E-state index in [9.17, 15) is 0 Å². The number of rotatable bonds is 0. The number of nitrogens with zero attached hydrogens (tertiary/aromatic N) is 1. The highest BCUT2D eigenvalue weighted by Crippen LogP contribution is 2.19. The van der Waals surface area contributed by atoms with E-state index in [1.54, 1.807) is 0 Å². The lowest BCUT2D eigenvalue weighted by Crippen LogP contribution is -2.22. The summed E-state index contributed by atoms with van der Waals surface area (Å²) in [5.74, 6) is 0. The molecular weight excluding hydrogens is 112 g/mol. The highest BCUT2D eigenvalue weighted by Gasteiger charge is 2.42. The Morgan fingerprint density at radius 1 is 1.22 bits per heavy atom. The summed E-state index contributed by atoms with van der Waals surface area (Å²) < 4.78 is 0. The van der Waals surface area contributed by atoms with Crippen LogP contribution in [0.3, 0.4) is 0 Å². The van der Waals surface area contributed by atoms with Crippen molar-refractivity contribution in [3.63, 3.8) is 0 Å². The average Bonchev–Trinajstić information content (AvgIpc) is 2.46. The molecule has 2 atom stereocenters. The maximum atomic E-state index is 3.36. The first kappa shape index (κ1) is 7.03. The zero-order valence-corrected chi connectivity index (χ0v) is 6.52. The van der Waals surface area contributed by atoms with E-state index in [0.29, 0.717) is 0 Å². The van der Waals surface area contributed by atoms with Crippen LogP contribution in [0, 0.1) is 0 Å². The lowest BCUT2D eigenvalue weighted by molar-refractivity contribution is 0.380. The largest absolute Gasteiger partial charge is 0.306 e. The first-order chi connectivity index (χ1) is 4.36. The van der Waals surface area contributed by atoms with E-state index in [2.05, 4.69) is 17.3 Å². The van der Waals surface area contributed by atoms with Gasteiger partial charge in [-0.2, -0.15) is 0 Å². The van der Waals surface area contributed by atoms with Crippen LogP contribution in [0.4, 0.5) is 0 Å². The molecule has 0 radical (unpaired) electrons. The van der Waals surface area contributed by atoms with Crippen molar-refractivity contribution in [1.82, 2.24) is 10.2 Å². The van der Waals surface area contributed by atoms with Crippen LogP contribution in [0.2, 0.25) is 0 Å². The van der Waals surface area contributed by atoms with E-state index >= 15 is 0 Å². The SMILES string of the molecule is CC.CN1CC2NC2C1. The molecular formula is C7H16N2. The summed E-state index contributed by atoms with van der Waals surface area (Å²) in [6, 6.07) is 1.73.